The van der Waals surface area contributed by atoms with Crippen molar-refractivity contribution in [3.63, 3.8) is 0 Å². The van der Waals surface area contributed by atoms with E-state index < -0.39 is 33.5 Å². The Labute approximate surface area is 117 Å². The third kappa shape index (κ3) is 3.97. The molecule has 114 valence electrons. The minimum absolute atomic E-state index is 0.0130. The third-order valence-corrected chi connectivity index (χ3v) is 5.21. The van der Waals surface area contributed by atoms with Gasteiger partial charge in [-0.3, -0.25) is 0 Å². The molecule has 1 atom stereocenters. The molecule has 1 aromatic rings. The number of aliphatic hydroxyl groups is 1. The smallest absolute Gasteiger partial charge is 0.150 e. The molecule has 0 bridgehead atoms. The average Bonchev–Trinajstić information content (AvgIpc) is 2.39. The van der Waals surface area contributed by atoms with Crippen LogP contribution >= 0.6 is 0 Å². The number of rotatable bonds is 7. The second kappa shape index (κ2) is 6.60. The van der Waals surface area contributed by atoms with E-state index in [2.05, 4.69) is 0 Å². The van der Waals surface area contributed by atoms with E-state index in [1.165, 1.54) is 6.92 Å². The summed E-state index contributed by atoms with van der Waals surface area (Å²) in [6.45, 7) is 0.928. The van der Waals surface area contributed by atoms with Gasteiger partial charge in [-0.15, -0.1) is 0 Å². The monoisotopic (exact) mass is 307 g/mol. The third-order valence-electron chi connectivity index (χ3n) is 3.50. The molecule has 1 unspecified atom stereocenters. The van der Waals surface area contributed by atoms with Crippen LogP contribution in [0.25, 0.3) is 0 Å². The van der Waals surface area contributed by atoms with Gasteiger partial charge in [0, 0.05) is 23.8 Å². The Bertz CT molecular complexity index is 536. The zero-order chi connectivity index (χ0) is 15.4. The Balaban J connectivity index is 3.14. The highest BCUT2D eigenvalue weighted by molar-refractivity contribution is 7.91. The van der Waals surface area contributed by atoms with Crippen LogP contribution < -0.4 is 5.73 Å². The summed E-state index contributed by atoms with van der Waals surface area (Å²) in [6, 6.07) is 2.86. The molecule has 4 nitrogen and oxygen atoms in total. The minimum Gasteiger partial charge on any atom is -0.395 e. The van der Waals surface area contributed by atoms with Crippen LogP contribution in [0.1, 0.15) is 18.9 Å². The molecule has 1 rings (SSSR count). The molecule has 0 amide bonds. The van der Waals surface area contributed by atoms with Crippen molar-refractivity contribution in [2.75, 3.05) is 24.7 Å². The van der Waals surface area contributed by atoms with E-state index in [9.17, 15) is 22.3 Å². The lowest BCUT2D eigenvalue weighted by molar-refractivity contribution is 0.192. The lowest BCUT2D eigenvalue weighted by Gasteiger charge is -2.31. The fraction of sp³-hybridized carbons (Fsp3) is 0.538. The van der Waals surface area contributed by atoms with Crippen molar-refractivity contribution in [3.8, 4) is 0 Å². The summed E-state index contributed by atoms with van der Waals surface area (Å²) in [5.41, 5.74) is 4.63. The van der Waals surface area contributed by atoms with E-state index in [0.29, 0.717) is 6.07 Å². The molecule has 1 aromatic carbocycles. The van der Waals surface area contributed by atoms with E-state index in [1.807, 2.05) is 0 Å². The fourth-order valence-electron chi connectivity index (χ4n) is 1.95. The molecular weight excluding hydrogens is 288 g/mol. The van der Waals surface area contributed by atoms with E-state index in [1.54, 1.807) is 0 Å². The average molecular weight is 307 g/mol. The Hall–Kier alpha value is -1.05. The van der Waals surface area contributed by atoms with Crippen LogP contribution in [-0.4, -0.2) is 38.2 Å². The van der Waals surface area contributed by atoms with E-state index in [-0.39, 0.29) is 30.0 Å². The standard InChI is InChI=1S/C13H19F2NO3S/c1-2-20(18,19)4-3-13(8-16,9-17)10-5-11(14)7-12(15)6-10/h5-7,17H,2-4,8-9,16H2,1H3. The van der Waals surface area contributed by atoms with Crippen molar-refractivity contribution >= 4 is 9.84 Å². The molecule has 0 spiro atoms. The Kier molecular flexibility index (Phi) is 5.61. The zero-order valence-electron chi connectivity index (χ0n) is 11.3. The predicted molar refractivity (Wildman–Crippen MR) is 73.1 cm³/mol. The van der Waals surface area contributed by atoms with Crippen molar-refractivity contribution in [3.05, 3.63) is 35.4 Å². The molecule has 0 aromatic heterocycles. The summed E-state index contributed by atoms with van der Waals surface area (Å²) in [7, 11) is -3.26. The summed E-state index contributed by atoms with van der Waals surface area (Å²) in [6.07, 6.45) is 0.0130. The fourth-order valence-corrected chi connectivity index (χ4v) is 2.94. The lowest BCUT2D eigenvalue weighted by Crippen LogP contribution is -2.40. The predicted octanol–water partition coefficient (Wildman–Crippen LogP) is 0.978. The second-order valence-electron chi connectivity index (χ2n) is 4.79. The summed E-state index contributed by atoms with van der Waals surface area (Å²) in [5, 5.41) is 9.56. The number of hydrogen-bond acceptors (Lipinski definition) is 4. The molecule has 0 saturated heterocycles. The van der Waals surface area contributed by atoms with Gasteiger partial charge in [-0.1, -0.05) is 6.92 Å². The molecule has 20 heavy (non-hydrogen) atoms. The number of sulfone groups is 1. The molecule has 7 heteroatoms. The van der Waals surface area contributed by atoms with Crippen molar-refractivity contribution in [1.29, 1.82) is 0 Å². The molecular formula is C13H19F2NO3S. The van der Waals surface area contributed by atoms with Gasteiger partial charge in [0.1, 0.15) is 21.5 Å². The highest BCUT2D eigenvalue weighted by Gasteiger charge is 2.32. The van der Waals surface area contributed by atoms with Crippen LogP contribution in [0.15, 0.2) is 18.2 Å². The molecule has 0 aliphatic carbocycles. The first-order valence-electron chi connectivity index (χ1n) is 6.26. The summed E-state index contributed by atoms with van der Waals surface area (Å²) in [5.74, 6) is -1.80. The summed E-state index contributed by atoms with van der Waals surface area (Å²) < 4.78 is 49.7. The maximum absolute atomic E-state index is 13.3. The summed E-state index contributed by atoms with van der Waals surface area (Å²) in [4.78, 5) is 0. The molecule has 0 saturated carbocycles. The molecule has 0 heterocycles. The van der Waals surface area contributed by atoms with Gasteiger partial charge in [0.05, 0.1) is 12.4 Å². The van der Waals surface area contributed by atoms with Gasteiger partial charge in [0.25, 0.3) is 0 Å². The highest BCUT2D eigenvalue weighted by Crippen LogP contribution is 2.29. The molecule has 3 N–H and O–H groups in total. The first-order valence-corrected chi connectivity index (χ1v) is 8.08. The van der Waals surface area contributed by atoms with Gasteiger partial charge in [0.2, 0.25) is 0 Å². The van der Waals surface area contributed by atoms with Crippen LogP contribution in [0.2, 0.25) is 0 Å². The van der Waals surface area contributed by atoms with E-state index in [0.717, 1.165) is 12.1 Å². The lowest BCUT2D eigenvalue weighted by atomic mass is 9.79. The van der Waals surface area contributed by atoms with Gasteiger partial charge in [-0.05, 0) is 24.1 Å². The van der Waals surface area contributed by atoms with Crippen LogP contribution in [0.4, 0.5) is 8.78 Å². The van der Waals surface area contributed by atoms with Crippen molar-refractivity contribution in [1.82, 2.24) is 0 Å². The van der Waals surface area contributed by atoms with Crippen LogP contribution in [0.5, 0.6) is 0 Å². The second-order valence-corrected chi connectivity index (χ2v) is 7.26. The van der Waals surface area contributed by atoms with E-state index >= 15 is 0 Å². The van der Waals surface area contributed by atoms with Crippen LogP contribution in [0.3, 0.4) is 0 Å². The number of aliphatic hydroxyl groups excluding tert-OH is 1. The highest BCUT2D eigenvalue weighted by atomic mass is 32.2. The van der Waals surface area contributed by atoms with Gasteiger partial charge < -0.3 is 10.8 Å². The Morgan fingerprint density at radius 3 is 2.20 bits per heavy atom. The Morgan fingerprint density at radius 1 is 1.25 bits per heavy atom. The van der Waals surface area contributed by atoms with Crippen LogP contribution in [-0.2, 0) is 15.3 Å². The maximum atomic E-state index is 13.3. The van der Waals surface area contributed by atoms with Crippen LogP contribution in [0, 0.1) is 11.6 Å². The van der Waals surface area contributed by atoms with Crippen molar-refractivity contribution in [2.24, 2.45) is 5.73 Å². The number of halogens is 2. The summed E-state index contributed by atoms with van der Waals surface area (Å²) >= 11 is 0. The molecule has 0 aliphatic heterocycles. The zero-order valence-corrected chi connectivity index (χ0v) is 12.1. The van der Waals surface area contributed by atoms with E-state index in [4.69, 9.17) is 5.73 Å². The molecule has 0 fully saturated rings. The largest absolute Gasteiger partial charge is 0.395 e. The number of benzene rings is 1. The molecule has 0 radical (unpaired) electrons. The number of hydrogen-bond donors (Lipinski definition) is 2. The van der Waals surface area contributed by atoms with Gasteiger partial charge in [-0.2, -0.15) is 0 Å². The topological polar surface area (TPSA) is 80.4 Å². The molecule has 0 aliphatic rings. The Morgan fingerprint density at radius 2 is 1.80 bits per heavy atom. The van der Waals surface area contributed by atoms with Crippen molar-refractivity contribution in [2.45, 2.75) is 18.8 Å². The van der Waals surface area contributed by atoms with Crippen molar-refractivity contribution < 1.29 is 22.3 Å². The normalized spacial score (nSPS) is 15.1. The minimum atomic E-state index is -3.26. The first kappa shape index (κ1) is 17.0. The quantitative estimate of drug-likeness (QED) is 0.787. The van der Waals surface area contributed by atoms with Gasteiger partial charge in [0.15, 0.2) is 0 Å². The maximum Gasteiger partial charge on any atom is 0.150 e. The van der Waals surface area contributed by atoms with Gasteiger partial charge in [-0.25, -0.2) is 17.2 Å². The first-order chi connectivity index (χ1) is 9.28. The SMILES string of the molecule is CCS(=O)(=O)CCC(CN)(CO)c1cc(F)cc(F)c1. The number of nitrogens with two attached hydrogens (primary N) is 1. The van der Waals surface area contributed by atoms with Gasteiger partial charge >= 0.3 is 0 Å².